The second-order valence-corrected chi connectivity index (χ2v) is 5.91. The second kappa shape index (κ2) is 6.68. The Morgan fingerprint density at radius 1 is 1.04 bits per heavy atom. The fraction of sp³-hybridized carbons (Fsp3) is 0.0500. The number of carbonyl (C=O) groups is 2. The lowest BCUT2D eigenvalue weighted by atomic mass is 9.92. The molecule has 0 saturated carbocycles. The minimum absolute atomic E-state index is 0.136. The molecule has 1 aliphatic rings. The van der Waals surface area contributed by atoms with Crippen LogP contribution in [0.15, 0.2) is 85.1 Å². The summed E-state index contributed by atoms with van der Waals surface area (Å²) in [7, 11) is 0. The van der Waals surface area contributed by atoms with E-state index in [0.29, 0.717) is 11.1 Å². The van der Waals surface area contributed by atoms with Crippen LogP contribution in [0.4, 0.5) is 4.79 Å². The van der Waals surface area contributed by atoms with Crippen molar-refractivity contribution in [2.45, 2.75) is 6.04 Å². The van der Waals surface area contributed by atoms with Gasteiger partial charge in [0.15, 0.2) is 5.78 Å². The molecule has 0 spiro atoms. The van der Waals surface area contributed by atoms with Gasteiger partial charge in [0.2, 0.25) is 0 Å². The van der Waals surface area contributed by atoms with Crippen molar-refractivity contribution in [3.05, 3.63) is 96.2 Å². The molecule has 0 fully saturated rings. The first-order valence-electron chi connectivity index (χ1n) is 8.17. The van der Waals surface area contributed by atoms with E-state index in [1.165, 1.54) is 6.20 Å². The molecule has 2 N–H and O–H groups in total. The van der Waals surface area contributed by atoms with Gasteiger partial charge in [0.1, 0.15) is 0 Å². The molecule has 2 aromatic carbocycles. The maximum Gasteiger partial charge on any atom is 0.319 e. The number of Topliss-reactive ketones (excluding diaryl/α,β-unsaturated/α-hetero) is 1. The van der Waals surface area contributed by atoms with Crippen LogP contribution < -0.4 is 10.6 Å². The number of rotatable bonds is 4. The Morgan fingerprint density at radius 2 is 1.81 bits per heavy atom. The monoisotopic (exact) mass is 344 g/mol. The normalized spacial score (nSPS) is 16.4. The Kier molecular flexibility index (Phi) is 4.07. The molecule has 4 rings (SSSR count). The predicted octanol–water partition coefficient (Wildman–Crippen LogP) is 2.99. The molecule has 1 unspecified atom stereocenters. The van der Waals surface area contributed by atoms with E-state index in [0.717, 1.165) is 11.3 Å². The van der Waals surface area contributed by atoms with E-state index in [1.54, 1.807) is 24.7 Å². The van der Waals surface area contributed by atoms with Crippen molar-refractivity contribution in [1.29, 1.82) is 0 Å². The van der Waals surface area contributed by atoms with Gasteiger partial charge in [-0.1, -0.05) is 30.3 Å². The molecule has 0 radical (unpaired) electrons. The van der Waals surface area contributed by atoms with Crippen molar-refractivity contribution in [1.82, 2.24) is 20.2 Å². The second-order valence-electron chi connectivity index (χ2n) is 5.91. The van der Waals surface area contributed by atoms with Gasteiger partial charge in [0, 0.05) is 35.4 Å². The van der Waals surface area contributed by atoms with Crippen LogP contribution in [-0.4, -0.2) is 21.4 Å². The average molecular weight is 344 g/mol. The third kappa shape index (κ3) is 3.00. The smallest absolute Gasteiger partial charge is 0.319 e. The highest BCUT2D eigenvalue weighted by molar-refractivity contribution is 6.10. The molecule has 0 bridgehead atoms. The zero-order chi connectivity index (χ0) is 17.9. The quantitative estimate of drug-likeness (QED) is 0.715. The van der Waals surface area contributed by atoms with Crippen molar-refractivity contribution in [3.8, 4) is 5.69 Å². The highest BCUT2D eigenvalue weighted by Gasteiger charge is 2.28. The Morgan fingerprint density at radius 3 is 2.50 bits per heavy atom. The largest absolute Gasteiger partial charge is 0.327 e. The molecule has 1 aliphatic heterocycles. The average Bonchev–Trinajstić information content (AvgIpc) is 3.23. The topological polar surface area (TPSA) is 76.0 Å². The molecule has 128 valence electrons. The SMILES string of the molecule is O=C1NC=C(C(=O)c2ccc(-n3ccnc3)cc2)C(c2ccccc2)N1. The third-order valence-electron chi connectivity index (χ3n) is 4.27. The van der Waals surface area contributed by atoms with Gasteiger partial charge in [-0.15, -0.1) is 0 Å². The number of ketones is 1. The Hall–Kier alpha value is -3.67. The van der Waals surface area contributed by atoms with Crippen molar-refractivity contribution < 1.29 is 9.59 Å². The summed E-state index contributed by atoms with van der Waals surface area (Å²) in [5, 5.41) is 5.39. The van der Waals surface area contributed by atoms with Gasteiger partial charge in [-0.05, 0) is 29.8 Å². The van der Waals surface area contributed by atoms with Crippen LogP contribution in [0, 0.1) is 0 Å². The van der Waals surface area contributed by atoms with E-state index >= 15 is 0 Å². The zero-order valence-electron chi connectivity index (χ0n) is 13.8. The minimum atomic E-state index is -0.481. The summed E-state index contributed by atoms with van der Waals surface area (Å²) in [6.07, 6.45) is 6.73. The van der Waals surface area contributed by atoms with Gasteiger partial charge in [-0.25, -0.2) is 9.78 Å². The molecule has 3 aromatic rings. The lowest BCUT2D eigenvalue weighted by Gasteiger charge is -2.25. The molecule has 0 saturated heterocycles. The van der Waals surface area contributed by atoms with Crippen molar-refractivity contribution in [2.75, 3.05) is 0 Å². The van der Waals surface area contributed by atoms with Crippen LogP contribution in [0.3, 0.4) is 0 Å². The first kappa shape index (κ1) is 15.8. The van der Waals surface area contributed by atoms with E-state index in [4.69, 9.17) is 0 Å². The van der Waals surface area contributed by atoms with Gasteiger partial charge in [-0.2, -0.15) is 0 Å². The van der Waals surface area contributed by atoms with Crippen LogP contribution in [0.25, 0.3) is 5.69 Å². The highest BCUT2D eigenvalue weighted by Crippen LogP contribution is 2.26. The first-order valence-corrected chi connectivity index (χ1v) is 8.17. The van der Waals surface area contributed by atoms with E-state index in [2.05, 4.69) is 15.6 Å². The fourth-order valence-corrected chi connectivity index (χ4v) is 2.95. The number of amides is 2. The number of carbonyl (C=O) groups excluding carboxylic acids is 2. The van der Waals surface area contributed by atoms with Gasteiger partial charge in [0.05, 0.1) is 12.4 Å². The summed E-state index contributed by atoms with van der Waals surface area (Å²) in [5.74, 6) is -0.136. The Bertz CT molecular complexity index is 961. The zero-order valence-corrected chi connectivity index (χ0v) is 13.8. The lowest BCUT2D eigenvalue weighted by Crippen LogP contribution is -2.42. The van der Waals surface area contributed by atoms with E-state index in [-0.39, 0.29) is 11.8 Å². The number of benzene rings is 2. The standard InChI is InChI=1S/C20H16N4O2/c25-19(15-6-8-16(9-7-15)24-11-10-21-13-24)17-12-22-20(26)23-18(17)14-4-2-1-3-5-14/h1-13,18H,(H2,22,23,26). The van der Waals surface area contributed by atoms with Gasteiger partial charge in [-0.3, -0.25) is 4.79 Å². The Balaban J connectivity index is 1.64. The molecule has 2 amide bonds. The minimum Gasteiger partial charge on any atom is -0.327 e. The number of hydrogen-bond donors (Lipinski definition) is 2. The van der Waals surface area contributed by atoms with Crippen molar-refractivity contribution in [3.63, 3.8) is 0 Å². The molecule has 1 atom stereocenters. The molecule has 26 heavy (non-hydrogen) atoms. The van der Waals surface area contributed by atoms with Crippen LogP contribution in [0.5, 0.6) is 0 Å². The van der Waals surface area contributed by atoms with Gasteiger partial charge >= 0.3 is 6.03 Å². The summed E-state index contributed by atoms with van der Waals surface area (Å²) in [6, 6.07) is 15.9. The summed E-state index contributed by atoms with van der Waals surface area (Å²) in [5.41, 5.74) is 2.82. The number of imidazole rings is 1. The summed E-state index contributed by atoms with van der Waals surface area (Å²) >= 11 is 0. The maximum atomic E-state index is 13.0. The van der Waals surface area contributed by atoms with Crippen LogP contribution in [0.2, 0.25) is 0 Å². The third-order valence-corrected chi connectivity index (χ3v) is 4.27. The van der Waals surface area contributed by atoms with Crippen molar-refractivity contribution in [2.24, 2.45) is 0 Å². The van der Waals surface area contributed by atoms with Crippen molar-refractivity contribution >= 4 is 11.8 Å². The number of hydrogen-bond acceptors (Lipinski definition) is 3. The number of aromatic nitrogens is 2. The number of urea groups is 1. The first-order chi connectivity index (χ1) is 12.7. The molecular weight excluding hydrogens is 328 g/mol. The molecule has 0 aliphatic carbocycles. The molecule has 1 aromatic heterocycles. The molecular formula is C20H16N4O2. The molecule has 6 nitrogen and oxygen atoms in total. The summed E-state index contributed by atoms with van der Waals surface area (Å²) in [6.45, 7) is 0. The van der Waals surface area contributed by atoms with Gasteiger partial charge in [0.25, 0.3) is 0 Å². The van der Waals surface area contributed by atoms with Gasteiger partial charge < -0.3 is 15.2 Å². The number of nitrogens with zero attached hydrogens (tertiary/aromatic N) is 2. The molecule has 6 heteroatoms. The lowest BCUT2D eigenvalue weighted by molar-refractivity contribution is 0.102. The van der Waals surface area contributed by atoms with E-state index in [9.17, 15) is 9.59 Å². The van der Waals surface area contributed by atoms with Crippen LogP contribution >= 0.6 is 0 Å². The van der Waals surface area contributed by atoms with Crippen LogP contribution in [-0.2, 0) is 0 Å². The highest BCUT2D eigenvalue weighted by atomic mass is 16.2. The molecule has 2 heterocycles. The summed E-state index contributed by atoms with van der Waals surface area (Å²) in [4.78, 5) is 28.8. The van der Waals surface area contributed by atoms with Crippen LogP contribution in [0.1, 0.15) is 22.0 Å². The maximum absolute atomic E-state index is 13.0. The number of nitrogens with one attached hydrogen (secondary N) is 2. The van der Waals surface area contributed by atoms with E-state index in [1.807, 2.05) is 53.2 Å². The Labute approximate surface area is 150 Å². The predicted molar refractivity (Wildman–Crippen MR) is 96.8 cm³/mol. The summed E-state index contributed by atoms with van der Waals surface area (Å²) < 4.78 is 1.86. The fourth-order valence-electron chi connectivity index (χ4n) is 2.95. The van der Waals surface area contributed by atoms with E-state index < -0.39 is 6.04 Å².